The first-order chi connectivity index (χ1) is 13.0. The van der Waals surface area contributed by atoms with E-state index in [1.54, 1.807) is 24.6 Å². The second kappa shape index (κ2) is 6.57. The quantitative estimate of drug-likeness (QED) is 0.752. The van der Waals surface area contributed by atoms with Gasteiger partial charge in [0, 0.05) is 16.8 Å². The van der Waals surface area contributed by atoms with Gasteiger partial charge in [-0.25, -0.2) is 4.68 Å². The fourth-order valence-corrected chi connectivity index (χ4v) is 3.32. The molecule has 0 spiro atoms. The molecule has 2 N–H and O–H groups in total. The molecule has 1 aliphatic rings. The van der Waals surface area contributed by atoms with Crippen molar-refractivity contribution in [2.75, 3.05) is 0 Å². The smallest absolute Gasteiger partial charge is 0.279 e. The molecule has 6 nitrogen and oxygen atoms in total. The Balaban J connectivity index is 2.00. The van der Waals surface area contributed by atoms with Gasteiger partial charge >= 0.3 is 0 Å². The molecule has 0 bridgehead atoms. The maximum Gasteiger partial charge on any atom is 0.279 e. The Kier molecular flexibility index (Phi) is 4.08. The van der Waals surface area contributed by atoms with Crippen LogP contribution in [0.5, 0.6) is 5.75 Å². The number of H-pyrrole nitrogens is 1. The number of hydrogen-bond acceptors (Lipinski definition) is 4. The predicted molar refractivity (Wildman–Crippen MR) is 107 cm³/mol. The zero-order valence-electron chi connectivity index (χ0n) is 15.0. The number of para-hydroxylation sites is 1. The lowest BCUT2D eigenvalue weighted by atomic mass is 9.92. The Morgan fingerprint density at radius 1 is 1.04 bits per heavy atom. The second-order valence-electron chi connectivity index (χ2n) is 6.46. The van der Waals surface area contributed by atoms with Crippen LogP contribution in [-0.2, 0) is 0 Å². The number of phenolic OH excluding ortho intramolecular Hbond substituents is 1. The summed E-state index contributed by atoms with van der Waals surface area (Å²) in [6.07, 6.45) is 3.24. The molecule has 2 heterocycles. The summed E-state index contributed by atoms with van der Waals surface area (Å²) in [5, 5.41) is 21.0. The number of aromatic amines is 1. The normalized spacial score (nSPS) is 12.7. The minimum atomic E-state index is -0.170. The average Bonchev–Trinajstić information content (AvgIpc) is 3.26. The fraction of sp³-hybridized carbons (Fsp3) is 0.0952. The number of rotatable bonds is 3. The zero-order chi connectivity index (χ0) is 19.0. The number of phenols is 1. The van der Waals surface area contributed by atoms with E-state index in [4.69, 9.17) is 0 Å². The molecule has 0 atom stereocenters. The van der Waals surface area contributed by atoms with Crippen LogP contribution in [0.2, 0.25) is 0 Å². The van der Waals surface area contributed by atoms with E-state index in [1.165, 1.54) is 4.68 Å². The molecule has 2 aromatic carbocycles. The van der Waals surface area contributed by atoms with Crippen LogP contribution in [0.15, 0.2) is 69.1 Å². The highest BCUT2D eigenvalue weighted by atomic mass is 16.3. The number of hydrogen-bond donors (Lipinski definition) is 2. The summed E-state index contributed by atoms with van der Waals surface area (Å²) in [5.74, 6) is 0.145. The fourth-order valence-electron chi connectivity index (χ4n) is 3.32. The monoisotopic (exact) mass is 358 g/mol. The highest BCUT2D eigenvalue weighted by molar-refractivity contribution is 6.16. The van der Waals surface area contributed by atoms with Crippen LogP contribution < -0.4 is 5.56 Å². The van der Waals surface area contributed by atoms with Crippen LogP contribution in [0.25, 0.3) is 11.3 Å². The Morgan fingerprint density at radius 2 is 1.74 bits per heavy atom. The molecule has 0 saturated carbocycles. The maximum absolute atomic E-state index is 13.3. The van der Waals surface area contributed by atoms with E-state index in [1.807, 2.05) is 50.2 Å². The third-order valence-electron chi connectivity index (χ3n) is 4.44. The van der Waals surface area contributed by atoms with Crippen molar-refractivity contribution in [2.24, 2.45) is 10.2 Å². The van der Waals surface area contributed by atoms with Gasteiger partial charge in [0.2, 0.25) is 0 Å². The van der Waals surface area contributed by atoms with Crippen molar-refractivity contribution in [2.45, 2.75) is 13.8 Å². The molecular formula is C21H18N4O2. The summed E-state index contributed by atoms with van der Waals surface area (Å²) in [6.45, 7) is 3.75. The molecule has 6 heteroatoms. The molecule has 0 aliphatic carbocycles. The lowest BCUT2D eigenvalue weighted by molar-refractivity contribution is 0.474. The number of aryl methyl sites for hydroxylation is 2. The highest BCUT2D eigenvalue weighted by Crippen LogP contribution is 2.30. The molecule has 3 aromatic rings. The van der Waals surface area contributed by atoms with E-state index in [2.05, 4.69) is 15.3 Å². The number of nitrogens with zero attached hydrogens (tertiary/aromatic N) is 3. The molecule has 1 aliphatic heterocycles. The first kappa shape index (κ1) is 16.8. The van der Waals surface area contributed by atoms with Gasteiger partial charge in [-0.2, -0.15) is 10.2 Å². The molecule has 27 heavy (non-hydrogen) atoms. The van der Waals surface area contributed by atoms with E-state index >= 15 is 0 Å². The number of aromatic nitrogens is 2. The van der Waals surface area contributed by atoms with E-state index < -0.39 is 0 Å². The standard InChI is InChI=1S/C21H18N4O2/c1-13-8-15(10-18(26)9-13)20(16-11-22-23-12-16)19-14(2)24-25(21(19)27)17-6-4-3-5-7-17/h3-12,24,26H,1-2H3. The third-order valence-corrected chi connectivity index (χ3v) is 4.44. The summed E-state index contributed by atoms with van der Waals surface area (Å²) in [4.78, 5) is 13.3. The first-order valence-corrected chi connectivity index (χ1v) is 8.54. The Bertz CT molecular complexity index is 1130. The average molecular weight is 358 g/mol. The van der Waals surface area contributed by atoms with Crippen LogP contribution in [0.1, 0.15) is 22.4 Å². The van der Waals surface area contributed by atoms with Crippen LogP contribution in [-0.4, -0.2) is 27.3 Å². The lowest BCUT2D eigenvalue weighted by Gasteiger charge is -2.10. The topological polar surface area (TPSA) is 82.7 Å². The van der Waals surface area contributed by atoms with Crippen LogP contribution in [0, 0.1) is 13.8 Å². The Hall–Kier alpha value is -3.67. The molecule has 0 amide bonds. The predicted octanol–water partition coefficient (Wildman–Crippen LogP) is 3.36. The maximum atomic E-state index is 13.3. The van der Waals surface area contributed by atoms with E-state index in [9.17, 15) is 9.90 Å². The Labute approximate surface area is 155 Å². The zero-order valence-corrected chi connectivity index (χ0v) is 15.0. The van der Waals surface area contributed by atoms with Crippen molar-refractivity contribution in [1.29, 1.82) is 0 Å². The Morgan fingerprint density at radius 3 is 2.41 bits per heavy atom. The first-order valence-electron chi connectivity index (χ1n) is 8.54. The van der Waals surface area contributed by atoms with Crippen molar-refractivity contribution >= 4 is 18.0 Å². The molecule has 0 radical (unpaired) electrons. The van der Waals surface area contributed by atoms with Crippen molar-refractivity contribution in [3.05, 3.63) is 86.8 Å². The summed E-state index contributed by atoms with van der Waals surface area (Å²) < 4.78 is 1.52. The summed E-state index contributed by atoms with van der Waals surface area (Å²) >= 11 is 0. The van der Waals surface area contributed by atoms with E-state index in [0.717, 1.165) is 28.1 Å². The SMILES string of the molecule is Cc1cc(O)cc(C(=C2C=NN=C2)c2c(C)[nH]n(-c3ccccc3)c2=O)c1. The molecule has 0 fully saturated rings. The van der Waals surface area contributed by atoms with Crippen LogP contribution >= 0.6 is 0 Å². The van der Waals surface area contributed by atoms with E-state index in [-0.39, 0.29) is 11.3 Å². The molecule has 0 saturated heterocycles. The third kappa shape index (κ3) is 3.01. The van der Waals surface area contributed by atoms with Gasteiger partial charge in [-0.3, -0.25) is 9.89 Å². The molecule has 1 aromatic heterocycles. The summed E-state index contributed by atoms with van der Waals surface area (Å²) in [5.41, 5.74) is 4.87. The van der Waals surface area contributed by atoms with Gasteiger partial charge in [-0.05, 0) is 49.2 Å². The van der Waals surface area contributed by atoms with Crippen LogP contribution in [0.4, 0.5) is 0 Å². The van der Waals surface area contributed by atoms with Crippen LogP contribution in [0.3, 0.4) is 0 Å². The summed E-state index contributed by atoms with van der Waals surface area (Å²) in [6, 6.07) is 14.6. The molecule has 0 unspecified atom stereocenters. The molecule has 4 rings (SSSR count). The largest absolute Gasteiger partial charge is 0.508 e. The van der Waals surface area contributed by atoms with Crippen molar-refractivity contribution in [1.82, 2.24) is 9.78 Å². The minimum Gasteiger partial charge on any atom is -0.508 e. The van der Waals surface area contributed by atoms with Gasteiger partial charge in [0.1, 0.15) is 5.75 Å². The van der Waals surface area contributed by atoms with Gasteiger partial charge in [0.15, 0.2) is 0 Å². The van der Waals surface area contributed by atoms with Gasteiger partial charge < -0.3 is 5.11 Å². The van der Waals surface area contributed by atoms with Crippen molar-refractivity contribution < 1.29 is 5.11 Å². The number of aromatic hydroxyl groups is 1. The number of benzene rings is 2. The van der Waals surface area contributed by atoms with Crippen molar-refractivity contribution in [3.63, 3.8) is 0 Å². The van der Waals surface area contributed by atoms with Gasteiger partial charge in [0.25, 0.3) is 5.56 Å². The number of nitrogens with one attached hydrogen (secondary N) is 1. The van der Waals surface area contributed by atoms with E-state index in [0.29, 0.717) is 11.1 Å². The number of allylic oxidation sites excluding steroid dienone is 1. The van der Waals surface area contributed by atoms with Crippen molar-refractivity contribution in [3.8, 4) is 11.4 Å². The summed E-state index contributed by atoms with van der Waals surface area (Å²) in [7, 11) is 0. The minimum absolute atomic E-state index is 0.145. The second-order valence-corrected chi connectivity index (χ2v) is 6.46. The van der Waals surface area contributed by atoms with Gasteiger partial charge in [-0.15, -0.1) is 0 Å². The molecule has 134 valence electrons. The lowest BCUT2D eigenvalue weighted by Crippen LogP contribution is -2.18. The highest BCUT2D eigenvalue weighted by Gasteiger charge is 2.22. The van der Waals surface area contributed by atoms with Gasteiger partial charge in [-0.1, -0.05) is 24.3 Å². The molecular weight excluding hydrogens is 340 g/mol. The van der Waals surface area contributed by atoms with Gasteiger partial charge in [0.05, 0.1) is 23.7 Å².